The molecule has 0 aliphatic carbocycles. The number of hydrogen-bond acceptors (Lipinski definition) is 4. The first-order chi connectivity index (χ1) is 10.4. The van der Waals surface area contributed by atoms with E-state index in [1.807, 2.05) is 0 Å². The maximum absolute atomic E-state index is 12.2. The molecule has 2 amide bonds. The van der Waals surface area contributed by atoms with Crippen LogP contribution in [0.25, 0.3) is 0 Å². The number of carbonyl (C=O) groups is 3. The fourth-order valence-electron chi connectivity index (χ4n) is 2.29. The van der Waals surface area contributed by atoms with E-state index in [9.17, 15) is 14.4 Å². The molecule has 1 unspecified atom stereocenters. The third kappa shape index (κ3) is 3.75. The van der Waals surface area contributed by atoms with E-state index in [4.69, 9.17) is 9.84 Å². The fourth-order valence-corrected chi connectivity index (χ4v) is 2.29. The number of benzene rings is 1. The smallest absolute Gasteiger partial charge is 0.341 e. The Labute approximate surface area is 127 Å². The number of anilines is 1. The highest BCUT2D eigenvalue weighted by Crippen LogP contribution is 2.23. The summed E-state index contributed by atoms with van der Waals surface area (Å²) in [6.07, 6.45) is 0.223. The maximum atomic E-state index is 12.2. The summed E-state index contributed by atoms with van der Waals surface area (Å²) in [5.41, 5.74) is 1.38. The molecule has 1 saturated heterocycles. The van der Waals surface area contributed by atoms with Gasteiger partial charge in [-0.3, -0.25) is 9.59 Å². The molecule has 2 rings (SSSR count). The molecule has 0 bridgehead atoms. The Hall–Kier alpha value is -2.57. The first kappa shape index (κ1) is 15.8. The van der Waals surface area contributed by atoms with Crippen LogP contribution in [0, 0.1) is 12.8 Å². The van der Waals surface area contributed by atoms with E-state index in [2.05, 4.69) is 5.32 Å². The number of hydrogen-bond donors (Lipinski definition) is 2. The molecule has 0 aromatic heterocycles. The van der Waals surface area contributed by atoms with E-state index < -0.39 is 12.6 Å². The Morgan fingerprint density at radius 1 is 1.45 bits per heavy atom. The summed E-state index contributed by atoms with van der Waals surface area (Å²) in [5, 5.41) is 11.4. The largest absolute Gasteiger partial charge is 0.482 e. The van der Waals surface area contributed by atoms with Crippen molar-refractivity contribution in [2.45, 2.75) is 13.3 Å². The molecule has 1 aromatic carbocycles. The van der Waals surface area contributed by atoms with Gasteiger partial charge in [0.15, 0.2) is 6.61 Å². The average Bonchev–Trinajstić information content (AvgIpc) is 2.79. The highest BCUT2D eigenvalue weighted by molar-refractivity contribution is 5.97. The molecular formula is C15H18N2O5. The molecular weight excluding hydrogens is 288 g/mol. The van der Waals surface area contributed by atoms with E-state index in [1.54, 1.807) is 37.1 Å². The van der Waals surface area contributed by atoms with Crippen molar-refractivity contribution >= 4 is 23.5 Å². The van der Waals surface area contributed by atoms with E-state index in [0.29, 0.717) is 18.0 Å². The standard InChI is InChI=1S/C15H18N2O5/c1-9-5-11(22-8-14(19)20)3-4-12(9)16-15(21)10-6-13(18)17(2)7-10/h3-5,10H,6-8H2,1-2H3,(H,16,21)(H,19,20). The van der Waals surface area contributed by atoms with Crippen LogP contribution in [0.1, 0.15) is 12.0 Å². The molecule has 2 N–H and O–H groups in total. The van der Waals surface area contributed by atoms with Crippen molar-refractivity contribution in [2.24, 2.45) is 5.92 Å². The quantitative estimate of drug-likeness (QED) is 0.841. The van der Waals surface area contributed by atoms with Crippen molar-refractivity contribution in [2.75, 3.05) is 25.5 Å². The second kappa shape index (κ2) is 6.46. The highest BCUT2D eigenvalue weighted by atomic mass is 16.5. The van der Waals surface area contributed by atoms with E-state index >= 15 is 0 Å². The molecule has 118 valence electrons. The van der Waals surface area contributed by atoms with Gasteiger partial charge in [-0.15, -0.1) is 0 Å². The summed E-state index contributed by atoms with van der Waals surface area (Å²) < 4.78 is 5.07. The van der Waals surface area contributed by atoms with Crippen LogP contribution < -0.4 is 10.1 Å². The predicted molar refractivity (Wildman–Crippen MR) is 78.7 cm³/mol. The molecule has 1 atom stereocenters. The molecule has 22 heavy (non-hydrogen) atoms. The summed E-state index contributed by atoms with van der Waals surface area (Å²) in [7, 11) is 1.68. The van der Waals surface area contributed by atoms with Gasteiger partial charge < -0.3 is 20.1 Å². The predicted octanol–water partition coefficient (Wildman–Crippen LogP) is 0.875. The molecule has 7 nitrogen and oxygen atoms in total. The molecule has 1 fully saturated rings. The lowest BCUT2D eigenvalue weighted by molar-refractivity contribution is -0.139. The van der Waals surface area contributed by atoms with Crippen LogP contribution in [-0.4, -0.2) is 48.0 Å². The van der Waals surface area contributed by atoms with Gasteiger partial charge in [0.05, 0.1) is 5.92 Å². The third-order valence-electron chi connectivity index (χ3n) is 3.53. The van der Waals surface area contributed by atoms with Gasteiger partial charge in [0, 0.05) is 25.7 Å². The van der Waals surface area contributed by atoms with Gasteiger partial charge in [0.25, 0.3) is 0 Å². The van der Waals surface area contributed by atoms with Crippen LogP contribution in [-0.2, 0) is 14.4 Å². The number of ether oxygens (including phenoxy) is 1. The Morgan fingerprint density at radius 3 is 2.73 bits per heavy atom. The number of likely N-dealkylation sites (tertiary alicyclic amines) is 1. The third-order valence-corrected chi connectivity index (χ3v) is 3.53. The first-order valence-corrected chi connectivity index (χ1v) is 6.87. The normalized spacial score (nSPS) is 17.5. The van der Waals surface area contributed by atoms with Crippen LogP contribution >= 0.6 is 0 Å². The lowest BCUT2D eigenvalue weighted by Gasteiger charge is -2.13. The molecule has 0 radical (unpaired) electrons. The summed E-state index contributed by atoms with van der Waals surface area (Å²) in [6.45, 7) is 1.79. The molecule has 0 spiro atoms. The number of aliphatic carboxylic acids is 1. The average molecular weight is 306 g/mol. The number of nitrogens with zero attached hydrogens (tertiary/aromatic N) is 1. The SMILES string of the molecule is Cc1cc(OCC(=O)O)ccc1NC(=O)C1CC(=O)N(C)C1. The van der Waals surface area contributed by atoms with Gasteiger partial charge in [-0.25, -0.2) is 4.79 Å². The van der Waals surface area contributed by atoms with E-state index in [1.165, 1.54) is 0 Å². The van der Waals surface area contributed by atoms with Crippen molar-refractivity contribution < 1.29 is 24.2 Å². The second-order valence-electron chi connectivity index (χ2n) is 5.32. The number of nitrogens with one attached hydrogen (secondary N) is 1. The molecule has 1 aliphatic heterocycles. The summed E-state index contributed by atoms with van der Waals surface area (Å²) >= 11 is 0. The van der Waals surface area contributed by atoms with Gasteiger partial charge in [-0.05, 0) is 30.7 Å². The van der Waals surface area contributed by atoms with Crippen molar-refractivity contribution in [1.82, 2.24) is 4.90 Å². The number of rotatable bonds is 5. The molecule has 7 heteroatoms. The van der Waals surface area contributed by atoms with Crippen LogP contribution in [0.4, 0.5) is 5.69 Å². The maximum Gasteiger partial charge on any atom is 0.341 e. The first-order valence-electron chi connectivity index (χ1n) is 6.87. The van der Waals surface area contributed by atoms with Crippen molar-refractivity contribution in [3.63, 3.8) is 0 Å². The van der Waals surface area contributed by atoms with Crippen molar-refractivity contribution in [3.05, 3.63) is 23.8 Å². The van der Waals surface area contributed by atoms with E-state index in [-0.39, 0.29) is 24.2 Å². The topological polar surface area (TPSA) is 95.9 Å². The number of carbonyl (C=O) groups excluding carboxylic acids is 2. The number of aryl methyl sites for hydroxylation is 1. The lowest BCUT2D eigenvalue weighted by atomic mass is 10.1. The van der Waals surface area contributed by atoms with E-state index in [0.717, 1.165) is 5.56 Å². The monoisotopic (exact) mass is 306 g/mol. The molecule has 1 aliphatic rings. The van der Waals surface area contributed by atoms with Crippen LogP contribution in [0.2, 0.25) is 0 Å². The zero-order valence-electron chi connectivity index (χ0n) is 12.5. The molecule has 0 saturated carbocycles. The second-order valence-corrected chi connectivity index (χ2v) is 5.32. The Balaban J connectivity index is 1.99. The Bertz CT molecular complexity index is 614. The van der Waals surface area contributed by atoms with Crippen LogP contribution in [0.5, 0.6) is 5.75 Å². The van der Waals surface area contributed by atoms with Crippen molar-refractivity contribution in [3.8, 4) is 5.75 Å². The lowest BCUT2D eigenvalue weighted by Crippen LogP contribution is -2.26. The number of carboxylic acids is 1. The van der Waals surface area contributed by atoms with Crippen LogP contribution in [0.15, 0.2) is 18.2 Å². The Kier molecular flexibility index (Phi) is 4.65. The van der Waals surface area contributed by atoms with Gasteiger partial charge in [0.2, 0.25) is 11.8 Å². The Morgan fingerprint density at radius 2 is 2.18 bits per heavy atom. The van der Waals surface area contributed by atoms with Crippen LogP contribution in [0.3, 0.4) is 0 Å². The molecule has 1 heterocycles. The summed E-state index contributed by atoms with van der Waals surface area (Å²) in [5.74, 6) is -1.20. The minimum absolute atomic E-state index is 0.0331. The zero-order valence-corrected chi connectivity index (χ0v) is 12.5. The fraction of sp³-hybridized carbons (Fsp3) is 0.400. The zero-order chi connectivity index (χ0) is 16.3. The summed E-state index contributed by atoms with van der Waals surface area (Å²) in [4.78, 5) is 35.6. The highest BCUT2D eigenvalue weighted by Gasteiger charge is 2.32. The number of carboxylic acid groups (broad SMARTS) is 1. The number of amides is 2. The van der Waals surface area contributed by atoms with Crippen molar-refractivity contribution in [1.29, 1.82) is 0 Å². The minimum Gasteiger partial charge on any atom is -0.482 e. The van der Waals surface area contributed by atoms with Gasteiger partial charge in [-0.2, -0.15) is 0 Å². The van der Waals surface area contributed by atoms with Gasteiger partial charge in [0.1, 0.15) is 5.75 Å². The molecule has 1 aromatic rings. The van der Waals surface area contributed by atoms with Gasteiger partial charge >= 0.3 is 5.97 Å². The summed E-state index contributed by atoms with van der Waals surface area (Å²) in [6, 6.07) is 4.91. The minimum atomic E-state index is -1.05. The van der Waals surface area contributed by atoms with Gasteiger partial charge in [-0.1, -0.05) is 0 Å².